The molecule has 2 aromatic rings. The van der Waals surface area contributed by atoms with Crippen molar-refractivity contribution in [1.82, 2.24) is 0 Å². The maximum atomic E-state index is 9.93. The highest BCUT2D eigenvalue weighted by molar-refractivity contribution is 5.30. The van der Waals surface area contributed by atoms with Crippen molar-refractivity contribution in [2.24, 2.45) is 11.8 Å². The van der Waals surface area contributed by atoms with Crippen molar-refractivity contribution in [3.05, 3.63) is 59.7 Å². The second-order valence-electron chi connectivity index (χ2n) is 6.10. The highest BCUT2D eigenvalue weighted by Crippen LogP contribution is 2.45. The first kappa shape index (κ1) is 16.8. The van der Waals surface area contributed by atoms with Crippen LogP contribution in [0.4, 0.5) is 0 Å². The first-order chi connectivity index (χ1) is 11.6. The average Bonchev–Trinajstić information content (AvgIpc) is 3.01. The molecule has 0 aliphatic carbocycles. The van der Waals surface area contributed by atoms with E-state index in [2.05, 4.69) is 0 Å². The molecular formula is C19H22O5. The summed E-state index contributed by atoms with van der Waals surface area (Å²) in [7, 11) is 1.64. The third-order valence-electron chi connectivity index (χ3n) is 4.70. The van der Waals surface area contributed by atoms with Gasteiger partial charge in [-0.3, -0.25) is 0 Å². The monoisotopic (exact) mass is 330 g/mol. The lowest BCUT2D eigenvalue weighted by Gasteiger charge is -2.27. The number of aliphatic hydroxyl groups is 1. The molecule has 1 aliphatic rings. The zero-order valence-electron chi connectivity index (χ0n) is 13.5. The number of phenolic OH excluding ortho intramolecular Hbond substituents is 2. The van der Waals surface area contributed by atoms with Gasteiger partial charge in [-0.1, -0.05) is 24.3 Å². The van der Waals surface area contributed by atoms with Crippen LogP contribution in [0.5, 0.6) is 11.5 Å². The lowest BCUT2D eigenvalue weighted by Crippen LogP contribution is -2.26. The number of methoxy groups -OCH3 is 1. The van der Waals surface area contributed by atoms with Crippen molar-refractivity contribution in [2.45, 2.75) is 12.2 Å². The molecule has 1 saturated heterocycles. The van der Waals surface area contributed by atoms with Crippen LogP contribution in [-0.4, -0.2) is 35.6 Å². The number of hydrogen-bond donors (Lipinski definition) is 3. The fraction of sp³-hybridized carbons (Fsp3) is 0.368. The molecule has 0 radical (unpaired) electrons. The molecule has 5 heteroatoms. The Morgan fingerprint density at radius 3 is 2.17 bits per heavy atom. The van der Waals surface area contributed by atoms with Gasteiger partial charge in [0.05, 0.1) is 18.8 Å². The van der Waals surface area contributed by atoms with E-state index in [0.717, 1.165) is 11.1 Å². The molecule has 128 valence electrons. The van der Waals surface area contributed by atoms with Gasteiger partial charge in [0.25, 0.3) is 0 Å². The summed E-state index contributed by atoms with van der Waals surface area (Å²) in [4.78, 5) is 0. The van der Waals surface area contributed by atoms with Gasteiger partial charge < -0.3 is 24.8 Å². The topological polar surface area (TPSA) is 79.2 Å². The fourth-order valence-corrected chi connectivity index (χ4v) is 3.46. The standard InChI is InChI=1S/C19H22O5/c1-23-18(12-2-6-14(21)7-3-12)17-11-24-19(16(17)10-20)13-4-8-15(22)9-5-13/h2-9,16-22H,10-11H2,1H3/t16-,17+,18?,19+/m1/s1. The Labute approximate surface area is 141 Å². The average molecular weight is 330 g/mol. The van der Waals surface area contributed by atoms with Gasteiger partial charge in [0.2, 0.25) is 0 Å². The van der Waals surface area contributed by atoms with Crippen molar-refractivity contribution in [2.75, 3.05) is 20.3 Å². The van der Waals surface area contributed by atoms with E-state index in [1.54, 1.807) is 31.4 Å². The number of aromatic hydroxyl groups is 2. The minimum atomic E-state index is -0.240. The van der Waals surface area contributed by atoms with E-state index in [1.165, 1.54) is 0 Å². The highest BCUT2D eigenvalue weighted by atomic mass is 16.5. The van der Waals surface area contributed by atoms with Gasteiger partial charge in [-0.15, -0.1) is 0 Å². The van der Waals surface area contributed by atoms with E-state index in [1.807, 2.05) is 24.3 Å². The number of aliphatic hydroxyl groups excluding tert-OH is 1. The maximum absolute atomic E-state index is 9.93. The van der Waals surface area contributed by atoms with Crippen LogP contribution in [0, 0.1) is 11.8 Å². The molecule has 0 spiro atoms. The van der Waals surface area contributed by atoms with Crippen LogP contribution in [-0.2, 0) is 9.47 Å². The minimum absolute atomic E-state index is 0.0108. The van der Waals surface area contributed by atoms with Crippen LogP contribution in [0.1, 0.15) is 23.3 Å². The lowest BCUT2D eigenvalue weighted by atomic mass is 9.82. The Balaban J connectivity index is 1.84. The van der Waals surface area contributed by atoms with E-state index < -0.39 is 0 Å². The predicted molar refractivity (Wildman–Crippen MR) is 88.7 cm³/mol. The lowest BCUT2D eigenvalue weighted by molar-refractivity contribution is 0.0244. The van der Waals surface area contributed by atoms with Crippen LogP contribution in [0.25, 0.3) is 0 Å². The zero-order chi connectivity index (χ0) is 17.1. The van der Waals surface area contributed by atoms with Crippen LogP contribution < -0.4 is 0 Å². The quantitative estimate of drug-likeness (QED) is 0.786. The molecule has 5 nitrogen and oxygen atoms in total. The molecule has 1 unspecified atom stereocenters. The summed E-state index contributed by atoms with van der Waals surface area (Å²) in [5, 5.41) is 28.8. The molecule has 24 heavy (non-hydrogen) atoms. The van der Waals surface area contributed by atoms with Crippen molar-refractivity contribution in [3.8, 4) is 11.5 Å². The van der Waals surface area contributed by atoms with Crippen LogP contribution in [0.2, 0.25) is 0 Å². The first-order valence-corrected chi connectivity index (χ1v) is 7.97. The highest BCUT2D eigenvalue weighted by Gasteiger charge is 2.42. The minimum Gasteiger partial charge on any atom is -0.508 e. The molecule has 0 saturated carbocycles. The third-order valence-corrected chi connectivity index (χ3v) is 4.70. The van der Waals surface area contributed by atoms with Crippen molar-refractivity contribution in [3.63, 3.8) is 0 Å². The summed E-state index contributed by atoms with van der Waals surface area (Å²) < 4.78 is 11.6. The van der Waals surface area contributed by atoms with E-state index >= 15 is 0 Å². The largest absolute Gasteiger partial charge is 0.508 e. The van der Waals surface area contributed by atoms with Crippen molar-refractivity contribution >= 4 is 0 Å². The zero-order valence-corrected chi connectivity index (χ0v) is 13.5. The number of ether oxygens (including phenoxy) is 2. The van der Waals surface area contributed by atoms with E-state index in [0.29, 0.717) is 6.61 Å². The fourth-order valence-electron chi connectivity index (χ4n) is 3.46. The molecule has 1 aliphatic heterocycles. The summed E-state index contributed by atoms with van der Waals surface area (Å²) in [6.07, 6.45) is -0.472. The summed E-state index contributed by atoms with van der Waals surface area (Å²) in [5.74, 6) is 0.279. The molecule has 4 atom stereocenters. The molecule has 2 aromatic carbocycles. The first-order valence-electron chi connectivity index (χ1n) is 7.97. The van der Waals surface area contributed by atoms with E-state index in [9.17, 15) is 15.3 Å². The Hall–Kier alpha value is -2.08. The van der Waals surface area contributed by atoms with Gasteiger partial charge in [-0.25, -0.2) is 0 Å². The molecule has 0 amide bonds. The Kier molecular flexibility index (Phi) is 5.04. The molecule has 0 aromatic heterocycles. The predicted octanol–water partition coefficient (Wildman–Crippen LogP) is 2.78. The van der Waals surface area contributed by atoms with Crippen LogP contribution >= 0.6 is 0 Å². The Morgan fingerprint density at radius 2 is 1.62 bits per heavy atom. The van der Waals surface area contributed by atoms with Crippen molar-refractivity contribution < 1.29 is 24.8 Å². The smallest absolute Gasteiger partial charge is 0.115 e. The van der Waals surface area contributed by atoms with Gasteiger partial charge in [-0.05, 0) is 35.4 Å². The maximum Gasteiger partial charge on any atom is 0.115 e. The van der Waals surface area contributed by atoms with Gasteiger partial charge in [-0.2, -0.15) is 0 Å². The number of hydrogen-bond acceptors (Lipinski definition) is 5. The normalized spacial score (nSPS) is 24.8. The molecule has 1 fully saturated rings. The SMILES string of the molecule is COC(c1ccc(O)cc1)[C@H]1CO[C@@H](c2ccc(O)cc2)[C@@H]1CO. The van der Waals surface area contributed by atoms with Gasteiger partial charge in [0.15, 0.2) is 0 Å². The second kappa shape index (κ2) is 7.21. The van der Waals surface area contributed by atoms with E-state index in [4.69, 9.17) is 9.47 Å². The summed E-state index contributed by atoms with van der Waals surface area (Å²) in [5.41, 5.74) is 1.86. The van der Waals surface area contributed by atoms with Gasteiger partial charge in [0, 0.05) is 25.6 Å². The molecule has 1 heterocycles. The number of rotatable bonds is 5. The molecule has 3 N–H and O–H groups in total. The summed E-state index contributed by atoms with van der Waals surface area (Å²) in [6.45, 7) is 0.449. The third kappa shape index (κ3) is 3.24. The summed E-state index contributed by atoms with van der Waals surface area (Å²) in [6, 6.07) is 13.8. The molecule has 3 rings (SSSR count). The van der Waals surface area contributed by atoms with Crippen LogP contribution in [0.3, 0.4) is 0 Å². The molecular weight excluding hydrogens is 308 g/mol. The van der Waals surface area contributed by atoms with Crippen molar-refractivity contribution in [1.29, 1.82) is 0 Å². The number of benzene rings is 2. The van der Waals surface area contributed by atoms with E-state index in [-0.39, 0.29) is 42.1 Å². The summed E-state index contributed by atoms with van der Waals surface area (Å²) >= 11 is 0. The van der Waals surface area contributed by atoms with Gasteiger partial charge in [0.1, 0.15) is 11.5 Å². The second-order valence-corrected chi connectivity index (χ2v) is 6.10. The van der Waals surface area contributed by atoms with Crippen LogP contribution in [0.15, 0.2) is 48.5 Å². The molecule has 0 bridgehead atoms. The number of phenols is 2. The Morgan fingerprint density at radius 1 is 1.04 bits per heavy atom. The van der Waals surface area contributed by atoms with Gasteiger partial charge >= 0.3 is 0 Å². The Bertz CT molecular complexity index is 652.